The largest absolute Gasteiger partial charge is 0.451 e. The van der Waals surface area contributed by atoms with Crippen LogP contribution in [-0.4, -0.2) is 20.6 Å². The van der Waals surface area contributed by atoms with E-state index in [1.807, 2.05) is 42.5 Å². The zero-order valence-corrected chi connectivity index (χ0v) is 17.1. The molecule has 1 amide bonds. The van der Waals surface area contributed by atoms with E-state index < -0.39 is 15.7 Å². The van der Waals surface area contributed by atoms with E-state index in [0.29, 0.717) is 22.2 Å². The summed E-state index contributed by atoms with van der Waals surface area (Å²) in [7, 11) is -3.35. The van der Waals surface area contributed by atoms with Gasteiger partial charge in [-0.05, 0) is 42.5 Å². The number of sulfone groups is 1. The Bertz CT molecular complexity index is 1290. The van der Waals surface area contributed by atoms with Crippen molar-refractivity contribution in [3.8, 4) is 0 Å². The average molecular weight is 420 g/mol. The number of carbonyl (C=O) groups excluding carboxylic acids is 1. The maximum absolute atomic E-state index is 12.9. The number of para-hydroxylation sites is 2. The number of rotatable bonds is 6. The zero-order chi connectivity index (χ0) is 21.1. The molecular formula is C23H20N2O4S. The monoisotopic (exact) mass is 420 g/mol. The van der Waals surface area contributed by atoms with Gasteiger partial charge < -0.3 is 15.1 Å². The fourth-order valence-corrected chi connectivity index (χ4v) is 4.01. The Kier molecular flexibility index (Phi) is 5.29. The van der Waals surface area contributed by atoms with Crippen molar-refractivity contribution < 1.29 is 17.6 Å². The summed E-state index contributed by atoms with van der Waals surface area (Å²) in [6.07, 6.45) is 1.13. The lowest BCUT2D eigenvalue weighted by Crippen LogP contribution is -2.14. The van der Waals surface area contributed by atoms with Crippen LogP contribution >= 0.6 is 0 Å². The van der Waals surface area contributed by atoms with Crippen molar-refractivity contribution in [1.29, 1.82) is 0 Å². The van der Waals surface area contributed by atoms with Crippen LogP contribution in [0.25, 0.3) is 11.0 Å². The molecule has 0 saturated carbocycles. The van der Waals surface area contributed by atoms with Gasteiger partial charge in [0.05, 0.1) is 5.75 Å². The Morgan fingerprint density at radius 1 is 0.833 bits per heavy atom. The lowest BCUT2D eigenvalue weighted by atomic mass is 10.1. The van der Waals surface area contributed by atoms with E-state index in [4.69, 9.17) is 4.42 Å². The Hall–Kier alpha value is -3.58. The third-order valence-corrected chi connectivity index (χ3v) is 5.33. The molecule has 0 saturated heterocycles. The van der Waals surface area contributed by atoms with Gasteiger partial charge in [-0.2, -0.15) is 0 Å². The average Bonchev–Trinajstić information content (AvgIpc) is 3.07. The highest BCUT2D eigenvalue weighted by Crippen LogP contribution is 2.28. The summed E-state index contributed by atoms with van der Waals surface area (Å²) < 4.78 is 29.5. The van der Waals surface area contributed by atoms with E-state index in [0.717, 1.165) is 17.6 Å². The van der Waals surface area contributed by atoms with E-state index in [1.54, 1.807) is 36.4 Å². The predicted molar refractivity (Wildman–Crippen MR) is 119 cm³/mol. The lowest BCUT2D eigenvalue weighted by Gasteiger charge is -2.08. The molecule has 0 aliphatic heterocycles. The molecule has 0 bridgehead atoms. The third-order valence-electron chi connectivity index (χ3n) is 4.52. The minimum Gasteiger partial charge on any atom is -0.451 e. The highest BCUT2D eigenvalue weighted by atomic mass is 32.2. The van der Waals surface area contributed by atoms with Crippen molar-refractivity contribution in [3.05, 3.63) is 90.2 Å². The van der Waals surface area contributed by atoms with E-state index in [1.165, 1.54) is 0 Å². The van der Waals surface area contributed by atoms with Crippen molar-refractivity contribution in [3.63, 3.8) is 0 Å². The quantitative estimate of drug-likeness (QED) is 0.460. The van der Waals surface area contributed by atoms with Gasteiger partial charge in [0.1, 0.15) is 5.58 Å². The van der Waals surface area contributed by atoms with Gasteiger partial charge >= 0.3 is 0 Å². The fraction of sp³-hybridized carbons (Fsp3) is 0.0870. The topological polar surface area (TPSA) is 88.4 Å². The maximum Gasteiger partial charge on any atom is 0.291 e. The number of hydrogen-bond acceptors (Lipinski definition) is 5. The molecule has 0 radical (unpaired) electrons. The molecule has 0 atom stereocenters. The molecule has 2 N–H and O–H groups in total. The lowest BCUT2D eigenvalue weighted by molar-refractivity contribution is 0.0998. The minimum atomic E-state index is -3.35. The van der Waals surface area contributed by atoms with Gasteiger partial charge in [-0.15, -0.1) is 0 Å². The van der Waals surface area contributed by atoms with Crippen LogP contribution in [0.15, 0.2) is 83.3 Å². The number of furan rings is 1. The third kappa shape index (κ3) is 4.52. The number of nitrogens with one attached hydrogen (secondary N) is 2. The molecular weight excluding hydrogens is 400 g/mol. The molecule has 1 heterocycles. The number of fused-ring (bicyclic) bond motifs is 1. The summed E-state index contributed by atoms with van der Waals surface area (Å²) in [6, 6.07) is 24.0. The van der Waals surface area contributed by atoms with Crippen molar-refractivity contribution in [2.24, 2.45) is 0 Å². The van der Waals surface area contributed by atoms with Crippen LogP contribution in [0, 0.1) is 0 Å². The Labute approximate surface area is 174 Å². The summed E-state index contributed by atoms with van der Waals surface area (Å²) in [5.74, 6) is -0.756. The van der Waals surface area contributed by atoms with Crippen LogP contribution in [0.4, 0.5) is 17.1 Å². The molecule has 0 unspecified atom stereocenters. The molecule has 0 aliphatic carbocycles. The summed E-state index contributed by atoms with van der Waals surface area (Å²) in [6.45, 7) is 0. The van der Waals surface area contributed by atoms with Crippen LogP contribution in [0.5, 0.6) is 0 Å². The highest BCUT2D eigenvalue weighted by Gasteiger charge is 2.23. The SMILES string of the molecule is CS(=O)(=O)Cc1c(C(=O)Nc2ccc(Nc3ccccc3)cc2)oc2ccccc12. The molecule has 0 aliphatic rings. The molecule has 0 fully saturated rings. The molecule has 4 rings (SSSR count). The molecule has 1 aromatic heterocycles. The summed E-state index contributed by atoms with van der Waals surface area (Å²) >= 11 is 0. The number of anilines is 3. The Morgan fingerprint density at radius 3 is 2.13 bits per heavy atom. The molecule has 0 spiro atoms. The second kappa shape index (κ2) is 8.04. The van der Waals surface area contributed by atoms with Crippen LogP contribution < -0.4 is 10.6 Å². The van der Waals surface area contributed by atoms with Crippen molar-refractivity contribution in [1.82, 2.24) is 0 Å². The first kappa shape index (κ1) is 19.7. The van der Waals surface area contributed by atoms with Crippen LogP contribution in [0.1, 0.15) is 16.1 Å². The van der Waals surface area contributed by atoms with Gasteiger partial charge in [0.2, 0.25) is 0 Å². The van der Waals surface area contributed by atoms with E-state index in [2.05, 4.69) is 10.6 Å². The maximum atomic E-state index is 12.9. The molecule has 7 heteroatoms. The second-order valence-electron chi connectivity index (χ2n) is 7.00. The standard InChI is InChI=1S/C23H20N2O4S/c1-30(27,28)15-20-19-9-5-6-10-21(19)29-22(20)23(26)25-18-13-11-17(12-14-18)24-16-7-3-2-4-8-16/h2-14,24H,15H2,1H3,(H,25,26). The van der Waals surface area contributed by atoms with Crippen molar-refractivity contribution >= 4 is 43.8 Å². The van der Waals surface area contributed by atoms with Crippen LogP contribution in [0.2, 0.25) is 0 Å². The number of benzene rings is 3. The molecule has 30 heavy (non-hydrogen) atoms. The Morgan fingerprint density at radius 2 is 1.43 bits per heavy atom. The normalized spacial score (nSPS) is 11.4. The van der Waals surface area contributed by atoms with Crippen molar-refractivity contribution in [2.75, 3.05) is 16.9 Å². The minimum absolute atomic E-state index is 0.00751. The smallest absolute Gasteiger partial charge is 0.291 e. The van der Waals surface area contributed by atoms with Gasteiger partial charge in [-0.25, -0.2) is 8.42 Å². The summed E-state index contributed by atoms with van der Waals surface area (Å²) in [4.78, 5) is 12.9. The van der Waals surface area contributed by atoms with E-state index in [9.17, 15) is 13.2 Å². The van der Waals surface area contributed by atoms with E-state index >= 15 is 0 Å². The van der Waals surface area contributed by atoms with Gasteiger partial charge in [0.25, 0.3) is 5.91 Å². The first-order chi connectivity index (χ1) is 14.4. The number of hydrogen-bond donors (Lipinski definition) is 2. The summed E-state index contributed by atoms with van der Waals surface area (Å²) in [5.41, 5.74) is 3.25. The molecule has 4 aromatic rings. The van der Waals surface area contributed by atoms with E-state index in [-0.39, 0.29) is 11.5 Å². The Balaban J connectivity index is 1.56. The van der Waals surface area contributed by atoms with Gasteiger partial charge in [-0.3, -0.25) is 4.79 Å². The predicted octanol–water partition coefficient (Wildman–Crippen LogP) is 4.97. The van der Waals surface area contributed by atoms with Crippen molar-refractivity contribution in [2.45, 2.75) is 5.75 Å². The van der Waals surface area contributed by atoms with Crippen LogP contribution in [-0.2, 0) is 15.6 Å². The molecule has 3 aromatic carbocycles. The van der Waals surface area contributed by atoms with Crippen LogP contribution in [0.3, 0.4) is 0 Å². The van der Waals surface area contributed by atoms with Gasteiger partial charge in [0.15, 0.2) is 15.6 Å². The molecule has 6 nitrogen and oxygen atoms in total. The first-order valence-corrected chi connectivity index (χ1v) is 11.4. The number of carbonyl (C=O) groups is 1. The zero-order valence-electron chi connectivity index (χ0n) is 16.3. The highest BCUT2D eigenvalue weighted by molar-refractivity contribution is 7.89. The number of amides is 1. The van der Waals surface area contributed by atoms with Gasteiger partial charge in [0, 0.05) is 34.3 Å². The second-order valence-corrected chi connectivity index (χ2v) is 9.14. The molecule has 152 valence electrons. The first-order valence-electron chi connectivity index (χ1n) is 9.31. The van der Waals surface area contributed by atoms with Gasteiger partial charge in [-0.1, -0.05) is 36.4 Å². The summed E-state index contributed by atoms with van der Waals surface area (Å²) in [5, 5.41) is 6.67. The fourth-order valence-electron chi connectivity index (χ4n) is 3.20.